The van der Waals surface area contributed by atoms with Gasteiger partial charge < -0.3 is 10.3 Å². The van der Waals surface area contributed by atoms with Crippen LogP contribution in [0, 0.1) is 11.8 Å². The van der Waals surface area contributed by atoms with Crippen molar-refractivity contribution >= 4 is 0 Å². The summed E-state index contributed by atoms with van der Waals surface area (Å²) >= 11 is 0. The van der Waals surface area contributed by atoms with Gasteiger partial charge in [0.1, 0.15) is 0 Å². The second-order valence-electron chi connectivity index (χ2n) is 6.50. The smallest absolute Gasteiger partial charge is 0.0948 e. The quantitative estimate of drug-likeness (QED) is 0.928. The summed E-state index contributed by atoms with van der Waals surface area (Å²) in [5.74, 6) is 1.63. The number of benzene rings is 1. The highest BCUT2D eigenvalue weighted by molar-refractivity contribution is 5.26. The molecule has 0 radical (unpaired) electrons. The highest BCUT2D eigenvalue weighted by Gasteiger charge is 2.21. The third-order valence-electron chi connectivity index (χ3n) is 4.72. The number of nitrogens with two attached hydrogens (primary N) is 1. The molecule has 1 aromatic carbocycles. The van der Waals surface area contributed by atoms with Crippen molar-refractivity contribution in [3.05, 3.63) is 54.1 Å². The van der Waals surface area contributed by atoms with E-state index in [0.717, 1.165) is 29.6 Å². The van der Waals surface area contributed by atoms with Crippen LogP contribution >= 0.6 is 0 Å². The van der Waals surface area contributed by atoms with E-state index in [1.165, 1.54) is 25.7 Å². The van der Waals surface area contributed by atoms with Crippen LogP contribution in [0.5, 0.6) is 0 Å². The Hall–Kier alpha value is -1.61. The predicted octanol–water partition coefficient (Wildman–Crippen LogP) is 3.76. The Kier molecular flexibility index (Phi) is 4.39. The summed E-state index contributed by atoms with van der Waals surface area (Å²) < 4.78 is 2.26. The molecule has 112 valence electrons. The van der Waals surface area contributed by atoms with Gasteiger partial charge in [0.05, 0.1) is 24.3 Å². The van der Waals surface area contributed by atoms with Crippen molar-refractivity contribution in [3.63, 3.8) is 0 Å². The number of hydrogen-bond donors (Lipinski definition) is 1. The molecule has 1 fully saturated rings. The van der Waals surface area contributed by atoms with E-state index in [1.807, 2.05) is 30.7 Å². The first kappa shape index (κ1) is 14.3. The normalized spacial score (nSPS) is 23.9. The minimum Gasteiger partial charge on any atom is -0.333 e. The zero-order valence-corrected chi connectivity index (χ0v) is 12.8. The van der Waals surface area contributed by atoms with Crippen LogP contribution in [0.25, 0.3) is 0 Å². The van der Waals surface area contributed by atoms with Crippen LogP contribution in [0.2, 0.25) is 0 Å². The van der Waals surface area contributed by atoms with E-state index in [4.69, 9.17) is 5.73 Å². The predicted molar refractivity (Wildman–Crippen MR) is 85.8 cm³/mol. The second-order valence-corrected chi connectivity index (χ2v) is 6.50. The monoisotopic (exact) mass is 283 g/mol. The maximum absolute atomic E-state index is 6.43. The highest BCUT2D eigenvalue weighted by atomic mass is 15.1. The minimum absolute atomic E-state index is 0.0882. The molecule has 2 aromatic rings. The topological polar surface area (TPSA) is 43.8 Å². The van der Waals surface area contributed by atoms with Crippen LogP contribution < -0.4 is 5.73 Å². The van der Waals surface area contributed by atoms with Crippen molar-refractivity contribution in [1.82, 2.24) is 9.55 Å². The maximum Gasteiger partial charge on any atom is 0.0948 e. The van der Waals surface area contributed by atoms with Crippen LogP contribution in [0.15, 0.2) is 42.9 Å². The first-order chi connectivity index (χ1) is 10.2. The number of rotatable bonds is 4. The van der Waals surface area contributed by atoms with Crippen LogP contribution in [0.3, 0.4) is 0 Å². The SMILES string of the molecule is CC1CCCC(Cn2cncc2C(N)c2ccccc2)C1. The summed E-state index contributed by atoms with van der Waals surface area (Å²) in [5.41, 5.74) is 8.71. The standard InChI is InChI=1S/C18H25N3/c1-14-6-5-7-15(10-14)12-21-13-20-11-17(21)18(19)16-8-3-2-4-9-16/h2-4,8-9,11,13-15,18H,5-7,10,12,19H2,1H3. The molecule has 3 nitrogen and oxygen atoms in total. The van der Waals surface area contributed by atoms with Crippen molar-refractivity contribution in [2.75, 3.05) is 0 Å². The average molecular weight is 283 g/mol. The van der Waals surface area contributed by atoms with Crippen molar-refractivity contribution in [2.24, 2.45) is 17.6 Å². The molecular formula is C18H25N3. The Morgan fingerprint density at radius 1 is 1.29 bits per heavy atom. The van der Waals surface area contributed by atoms with Gasteiger partial charge in [0.25, 0.3) is 0 Å². The first-order valence-corrected chi connectivity index (χ1v) is 8.04. The summed E-state index contributed by atoms with van der Waals surface area (Å²) in [5, 5.41) is 0. The van der Waals surface area contributed by atoms with E-state index in [-0.39, 0.29) is 6.04 Å². The molecule has 0 aliphatic heterocycles. The maximum atomic E-state index is 6.43. The summed E-state index contributed by atoms with van der Waals surface area (Å²) in [6, 6.07) is 10.2. The Balaban J connectivity index is 1.74. The van der Waals surface area contributed by atoms with Gasteiger partial charge in [-0.25, -0.2) is 4.98 Å². The second kappa shape index (κ2) is 6.44. The van der Waals surface area contributed by atoms with E-state index in [2.05, 4.69) is 28.6 Å². The lowest BCUT2D eigenvalue weighted by atomic mass is 9.82. The number of aromatic nitrogens is 2. The molecule has 3 rings (SSSR count). The molecular weight excluding hydrogens is 258 g/mol. The highest BCUT2D eigenvalue weighted by Crippen LogP contribution is 2.30. The molecule has 3 atom stereocenters. The van der Waals surface area contributed by atoms with Gasteiger partial charge in [-0.15, -0.1) is 0 Å². The Morgan fingerprint density at radius 2 is 2.10 bits per heavy atom. The lowest BCUT2D eigenvalue weighted by Gasteiger charge is -2.28. The van der Waals surface area contributed by atoms with Gasteiger partial charge in [-0.2, -0.15) is 0 Å². The van der Waals surface area contributed by atoms with Crippen molar-refractivity contribution in [2.45, 2.75) is 45.2 Å². The lowest BCUT2D eigenvalue weighted by molar-refractivity contribution is 0.255. The van der Waals surface area contributed by atoms with E-state index < -0.39 is 0 Å². The third-order valence-corrected chi connectivity index (χ3v) is 4.72. The molecule has 0 saturated heterocycles. The van der Waals surface area contributed by atoms with Crippen LogP contribution in [-0.4, -0.2) is 9.55 Å². The van der Waals surface area contributed by atoms with Crippen molar-refractivity contribution in [3.8, 4) is 0 Å². The average Bonchev–Trinajstić information content (AvgIpc) is 2.95. The molecule has 0 amide bonds. The summed E-state index contributed by atoms with van der Waals surface area (Å²) in [4.78, 5) is 4.34. The lowest BCUT2D eigenvalue weighted by Crippen LogP contribution is -2.22. The van der Waals surface area contributed by atoms with Crippen LogP contribution in [-0.2, 0) is 6.54 Å². The molecule has 21 heavy (non-hydrogen) atoms. The first-order valence-electron chi connectivity index (χ1n) is 8.04. The van der Waals surface area contributed by atoms with Gasteiger partial charge in [0.15, 0.2) is 0 Å². The van der Waals surface area contributed by atoms with E-state index in [1.54, 1.807) is 0 Å². The van der Waals surface area contributed by atoms with Crippen LogP contribution in [0.4, 0.5) is 0 Å². The Morgan fingerprint density at radius 3 is 2.86 bits per heavy atom. The number of imidazole rings is 1. The van der Waals surface area contributed by atoms with Gasteiger partial charge >= 0.3 is 0 Å². The van der Waals surface area contributed by atoms with Gasteiger partial charge in [-0.1, -0.05) is 50.1 Å². The minimum atomic E-state index is -0.0882. The van der Waals surface area contributed by atoms with E-state index >= 15 is 0 Å². The van der Waals surface area contributed by atoms with Crippen LogP contribution in [0.1, 0.15) is 49.9 Å². The summed E-state index contributed by atoms with van der Waals surface area (Å²) in [7, 11) is 0. The molecule has 1 heterocycles. The number of hydrogen-bond acceptors (Lipinski definition) is 2. The summed E-state index contributed by atoms with van der Waals surface area (Å²) in [6.45, 7) is 3.43. The third kappa shape index (κ3) is 3.35. The van der Waals surface area contributed by atoms with E-state index in [9.17, 15) is 0 Å². The number of nitrogens with zero attached hydrogens (tertiary/aromatic N) is 2. The fraction of sp³-hybridized carbons (Fsp3) is 0.500. The molecule has 1 aromatic heterocycles. The molecule has 2 N–H and O–H groups in total. The van der Waals surface area contributed by atoms with Gasteiger partial charge in [0.2, 0.25) is 0 Å². The molecule has 1 saturated carbocycles. The van der Waals surface area contributed by atoms with Crippen molar-refractivity contribution < 1.29 is 0 Å². The fourth-order valence-electron chi connectivity index (χ4n) is 3.58. The molecule has 0 spiro atoms. The molecule has 1 aliphatic carbocycles. The van der Waals surface area contributed by atoms with E-state index in [0.29, 0.717) is 0 Å². The molecule has 1 aliphatic rings. The Labute approximate surface area is 127 Å². The van der Waals surface area contributed by atoms with Gasteiger partial charge in [-0.3, -0.25) is 0 Å². The molecule has 3 unspecified atom stereocenters. The Bertz CT molecular complexity index is 561. The summed E-state index contributed by atoms with van der Waals surface area (Å²) in [6.07, 6.45) is 9.28. The largest absolute Gasteiger partial charge is 0.333 e. The molecule has 3 heteroatoms. The zero-order chi connectivity index (χ0) is 14.7. The molecule has 0 bridgehead atoms. The van der Waals surface area contributed by atoms with Gasteiger partial charge in [0, 0.05) is 6.54 Å². The van der Waals surface area contributed by atoms with Crippen molar-refractivity contribution in [1.29, 1.82) is 0 Å². The van der Waals surface area contributed by atoms with Gasteiger partial charge in [-0.05, 0) is 30.2 Å². The fourth-order valence-corrected chi connectivity index (χ4v) is 3.58. The zero-order valence-electron chi connectivity index (χ0n) is 12.8.